The van der Waals surface area contributed by atoms with Crippen molar-refractivity contribution >= 4 is 27.5 Å². The van der Waals surface area contributed by atoms with Gasteiger partial charge in [0.15, 0.2) is 0 Å². The number of nitrogens with zero attached hydrogens (tertiary/aromatic N) is 2. The second-order valence-corrected chi connectivity index (χ2v) is 12.3. The summed E-state index contributed by atoms with van der Waals surface area (Å²) in [6, 6.07) is 19.0. The zero-order chi connectivity index (χ0) is 31.1. The Morgan fingerprint density at radius 1 is 0.929 bits per heavy atom. The SMILES string of the molecule is CC[C@@H](C)NC(=O)[C@H](Cc1ccccc1)N(Cc1cccc(C)c1)C(=O)CN(c1cccc(C(F)(F)F)c1)S(C)(=O)=O. The molecular formula is C31H36F3N3O4S. The fourth-order valence-electron chi connectivity index (χ4n) is 4.45. The number of aryl methyl sites for hydroxylation is 1. The van der Waals surface area contributed by atoms with Crippen LogP contribution in [0.3, 0.4) is 0 Å². The van der Waals surface area contributed by atoms with Gasteiger partial charge < -0.3 is 10.2 Å². The first-order valence-electron chi connectivity index (χ1n) is 13.5. The highest BCUT2D eigenvalue weighted by atomic mass is 32.2. The Labute approximate surface area is 245 Å². The van der Waals surface area contributed by atoms with Crippen LogP contribution in [0, 0.1) is 6.92 Å². The third kappa shape index (κ3) is 9.07. The second-order valence-electron chi connectivity index (χ2n) is 10.4. The lowest BCUT2D eigenvalue weighted by Crippen LogP contribution is -2.54. The number of rotatable bonds is 12. The zero-order valence-electron chi connectivity index (χ0n) is 24.1. The molecular weight excluding hydrogens is 567 g/mol. The van der Waals surface area contributed by atoms with E-state index in [2.05, 4.69) is 5.32 Å². The molecule has 3 rings (SSSR count). The van der Waals surface area contributed by atoms with E-state index in [4.69, 9.17) is 0 Å². The van der Waals surface area contributed by atoms with E-state index < -0.39 is 46.2 Å². The quantitative estimate of drug-likeness (QED) is 0.303. The predicted octanol–water partition coefficient (Wildman–Crippen LogP) is 5.33. The topological polar surface area (TPSA) is 86.8 Å². The summed E-state index contributed by atoms with van der Waals surface area (Å²) in [4.78, 5) is 29.0. The summed E-state index contributed by atoms with van der Waals surface area (Å²) in [7, 11) is -4.20. The molecule has 0 fully saturated rings. The van der Waals surface area contributed by atoms with Crippen molar-refractivity contribution in [3.05, 3.63) is 101 Å². The fourth-order valence-corrected chi connectivity index (χ4v) is 5.29. The van der Waals surface area contributed by atoms with E-state index in [1.54, 1.807) is 6.07 Å². The van der Waals surface area contributed by atoms with Gasteiger partial charge in [-0.05, 0) is 49.6 Å². The van der Waals surface area contributed by atoms with E-state index in [0.29, 0.717) is 22.4 Å². The highest BCUT2D eigenvalue weighted by Gasteiger charge is 2.35. The van der Waals surface area contributed by atoms with Crippen molar-refractivity contribution in [2.45, 2.75) is 58.4 Å². The molecule has 0 aliphatic rings. The van der Waals surface area contributed by atoms with Crippen molar-refractivity contribution < 1.29 is 31.2 Å². The molecule has 7 nitrogen and oxygen atoms in total. The van der Waals surface area contributed by atoms with Crippen LogP contribution >= 0.6 is 0 Å². The summed E-state index contributed by atoms with van der Waals surface area (Å²) in [5, 5.41) is 2.93. The number of anilines is 1. The number of hydrogen-bond acceptors (Lipinski definition) is 4. The van der Waals surface area contributed by atoms with Crippen LogP contribution in [0.15, 0.2) is 78.9 Å². The van der Waals surface area contributed by atoms with Crippen molar-refractivity contribution in [2.24, 2.45) is 0 Å². The second kappa shape index (κ2) is 13.9. The first-order chi connectivity index (χ1) is 19.7. The molecule has 2 atom stereocenters. The fraction of sp³-hybridized carbons (Fsp3) is 0.355. The molecule has 0 radical (unpaired) electrons. The monoisotopic (exact) mass is 603 g/mol. The number of halogens is 3. The van der Waals surface area contributed by atoms with E-state index in [1.165, 1.54) is 11.0 Å². The van der Waals surface area contributed by atoms with Crippen molar-refractivity contribution in [3.8, 4) is 0 Å². The minimum Gasteiger partial charge on any atom is -0.352 e. The van der Waals surface area contributed by atoms with Crippen LogP contribution in [0.1, 0.15) is 42.5 Å². The lowest BCUT2D eigenvalue weighted by atomic mass is 10.0. The largest absolute Gasteiger partial charge is 0.416 e. The molecule has 3 aromatic rings. The van der Waals surface area contributed by atoms with Crippen molar-refractivity contribution in [3.63, 3.8) is 0 Å². The highest BCUT2D eigenvalue weighted by Crippen LogP contribution is 2.32. The van der Waals surface area contributed by atoms with Crippen LogP contribution in [-0.2, 0) is 38.8 Å². The summed E-state index contributed by atoms with van der Waals surface area (Å²) < 4.78 is 66.6. The molecule has 0 aliphatic heterocycles. The highest BCUT2D eigenvalue weighted by molar-refractivity contribution is 7.92. The third-order valence-corrected chi connectivity index (χ3v) is 7.99. The molecule has 0 aromatic heterocycles. The van der Waals surface area contributed by atoms with Gasteiger partial charge in [-0.3, -0.25) is 13.9 Å². The molecule has 42 heavy (non-hydrogen) atoms. The smallest absolute Gasteiger partial charge is 0.352 e. The minimum atomic E-state index is -4.71. The van der Waals surface area contributed by atoms with Crippen molar-refractivity contribution in [1.29, 1.82) is 0 Å². The minimum absolute atomic E-state index is 0.0217. The number of nitrogens with one attached hydrogen (secondary N) is 1. The van der Waals surface area contributed by atoms with E-state index >= 15 is 0 Å². The molecule has 3 aromatic carbocycles. The number of carbonyl (C=O) groups is 2. The van der Waals surface area contributed by atoms with Gasteiger partial charge in [0.1, 0.15) is 12.6 Å². The Balaban J connectivity index is 2.09. The Morgan fingerprint density at radius 2 is 1.57 bits per heavy atom. The number of alkyl halides is 3. The van der Waals surface area contributed by atoms with E-state index in [-0.39, 0.29) is 24.7 Å². The summed E-state index contributed by atoms with van der Waals surface area (Å²) >= 11 is 0. The average Bonchev–Trinajstić information content (AvgIpc) is 2.93. The molecule has 0 bridgehead atoms. The standard InChI is InChI=1S/C31H36F3N3O4S/c1-5-23(3)35-30(39)28(18-24-12-7-6-8-13-24)36(20-25-14-9-11-22(2)17-25)29(38)21-37(42(4,40)41)27-16-10-15-26(19-27)31(32,33)34/h6-17,19,23,28H,5,18,20-21H2,1-4H3,(H,35,39)/t23-,28+/m1/s1. The molecule has 0 spiro atoms. The van der Waals surface area contributed by atoms with Crippen LogP contribution in [0.2, 0.25) is 0 Å². The van der Waals surface area contributed by atoms with Gasteiger partial charge in [-0.25, -0.2) is 8.42 Å². The van der Waals surface area contributed by atoms with Gasteiger partial charge in [-0.1, -0.05) is 73.2 Å². The van der Waals surface area contributed by atoms with Crippen LogP contribution in [0.4, 0.5) is 18.9 Å². The lowest BCUT2D eigenvalue weighted by molar-refractivity contribution is -0.140. The molecule has 2 amide bonds. The Morgan fingerprint density at radius 3 is 2.17 bits per heavy atom. The van der Waals surface area contributed by atoms with Crippen molar-refractivity contribution in [2.75, 3.05) is 17.1 Å². The summed E-state index contributed by atoms with van der Waals surface area (Å²) in [6.45, 7) is 4.81. The van der Waals surface area contributed by atoms with Crippen LogP contribution < -0.4 is 9.62 Å². The first-order valence-corrected chi connectivity index (χ1v) is 15.4. The lowest BCUT2D eigenvalue weighted by Gasteiger charge is -2.34. The van der Waals surface area contributed by atoms with E-state index in [9.17, 15) is 31.2 Å². The van der Waals surface area contributed by atoms with E-state index in [0.717, 1.165) is 29.5 Å². The maximum Gasteiger partial charge on any atom is 0.416 e. The third-order valence-electron chi connectivity index (χ3n) is 6.85. The zero-order valence-corrected chi connectivity index (χ0v) is 24.9. The van der Waals surface area contributed by atoms with Crippen LogP contribution in [0.25, 0.3) is 0 Å². The van der Waals surface area contributed by atoms with Gasteiger partial charge in [-0.15, -0.1) is 0 Å². The summed E-state index contributed by atoms with van der Waals surface area (Å²) in [5.74, 6) is -1.15. The predicted molar refractivity (Wildman–Crippen MR) is 157 cm³/mol. The first kappa shape index (κ1) is 32.7. The normalized spacial score (nSPS) is 13.2. The Bertz CT molecular complexity index is 1480. The molecule has 0 saturated carbocycles. The molecule has 0 saturated heterocycles. The molecule has 0 aliphatic carbocycles. The van der Waals surface area contributed by atoms with Gasteiger partial charge in [0.05, 0.1) is 17.5 Å². The maximum atomic E-state index is 14.1. The van der Waals surface area contributed by atoms with Crippen molar-refractivity contribution in [1.82, 2.24) is 10.2 Å². The number of sulfonamides is 1. The molecule has 1 N–H and O–H groups in total. The molecule has 0 unspecified atom stereocenters. The maximum absolute atomic E-state index is 14.1. The van der Waals surface area contributed by atoms with Gasteiger partial charge in [0.25, 0.3) is 0 Å². The van der Waals surface area contributed by atoms with Gasteiger partial charge in [0.2, 0.25) is 21.8 Å². The molecule has 0 heterocycles. The Kier molecular flexibility index (Phi) is 10.8. The van der Waals surface area contributed by atoms with Crippen LogP contribution in [0.5, 0.6) is 0 Å². The average molecular weight is 604 g/mol. The van der Waals surface area contributed by atoms with Gasteiger partial charge >= 0.3 is 6.18 Å². The number of amides is 2. The van der Waals surface area contributed by atoms with Crippen LogP contribution in [-0.4, -0.2) is 50.0 Å². The number of benzene rings is 3. The summed E-state index contributed by atoms with van der Waals surface area (Å²) in [5.41, 5.74) is 1.06. The molecule has 11 heteroatoms. The Hall–Kier alpha value is -3.86. The van der Waals surface area contributed by atoms with Gasteiger partial charge in [0, 0.05) is 19.0 Å². The molecule has 226 valence electrons. The van der Waals surface area contributed by atoms with E-state index in [1.807, 2.05) is 69.3 Å². The van der Waals surface area contributed by atoms with Gasteiger partial charge in [-0.2, -0.15) is 13.2 Å². The number of hydrogen-bond donors (Lipinski definition) is 1. The number of carbonyl (C=O) groups excluding carboxylic acids is 2. The summed E-state index contributed by atoms with van der Waals surface area (Å²) in [6.07, 6.45) is -3.10.